The van der Waals surface area contributed by atoms with Gasteiger partial charge < -0.3 is 25.2 Å². The minimum Gasteiger partial charge on any atom is -0.467 e. The number of hydrogen-bond donors (Lipinski definition) is 3. The molecule has 1 aliphatic rings. The van der Waals surface area contributed by atoms with Gasteiger partial charge in [0.2, 0.25) is 0 Å². The van der Waals surface area contributed by atoms with Crippen molar-refractivity contribution in [3.05, 3.63) is 65.0 Å². The number of rotatable bonds is 5. The molecular weight excluding hydrogens is 337 g/mol. The van der Waals surface area contributed by atoms with Crippen molar-refractivity contribution in [3.63, 3.8) is 0 Å². The zero-order chi connectivity index (χ0) is 18.4. The molecule has 3 rings (SSSR count). The number of nitrogens with one attached hydrogen (secondary N) is 2. The summed E-state index contributed by atoms with van der Waals surface area (Å²) in [5.41, 5.74) is 2.20. The number of guanidine groups is 1. The third kappa shape index (κ3) is 4.50. The van der Waals surface area contributed by atoms with E-state index in [-0.39, 0.29) is 12.6 Å². The van der Waals surface area contributed by atoms with Gasteiger partial charge in [-0.15, -0.1) is 0 Å². The number of aliphatic hydroxyl groups is 1. The van der Waals surface area contributed by atoms with Crippen LogP contribution in [0.2, 0.25) is 0 Å². The van der Waals surface area contributed by atoms with E-state index in [0.717, 1.165) is 5.56 Å². The van der Waals surface area contributed by atoms with Gasteiger partial charge in [-0.1, -0.05) is 30.3 Å². The number of hydrogen-bond acceptors (Lipinski definition) is 4. The summed E-state index contributed by atoms with van der Waals surface area (Å²) in [7, 11) is 1.63. The summed E-state index contributed by atoms with van der Waals surface area (Å²) in [5, 5.41) is 16.4. The Morgan fingerprint density at radius 2 is 2.08 bits per heavy atom. The second kappa shape index (κ2) is 8.64. The van der Waals surface area contributed by atoms with Crippen LogP contribution in [0.3, 0.4) is 0 Å². The lowest BCUT2D eigenvalue weighted by molar-refractivity contribution is -0.0173. The lowest BCUT2D eigenvalue weighted by Gasteiger charge is -2.22. The van der Waals surface area contributed by atoms with Crippen molar-refractivity contribution < 1.29 is 19.0 Å². The summed E-state index contributed by atoms with van der Waals surface area (Å²) in [6.07, 6.45) is -0.655. The van der Waals surface area contributed by atoms with Crippen LogP contribution < -0.4 is 15.4 Å². The fourth-order valence-corrected chi connectivity index (χ4v) is 2.77. The van der Waals surface area contributed by atoms with E-state index in [2.05, 4.69) is 15.6 Å². The maximum Gasteiger partial charge on any atom is 0.191 e. The fourth-order valence-electron chi connectivity index (χ4n) is 2.77. The summed E-state index contributed by atoms with van der Waals surface area (Å²) in [4.78, 5) is 4.13. The van der Waals surface area contributed by atoms with Crippen molar-refractivity contribution in [3.8, 4) is 5.75 Å². The van der Waals surface area contributed by atoms with Crippen LogP contribution in [0.25, 0.3) is 0 Å². The van der Waals surface area contributed by atoms with Gasteiger partial charge in [0.25, 0.3) is 0 Å². The van der Waals surface area contributed by atoms with Crippen LogP contribution in [0.4, 0.5) is 4.39 Å². The average molecular weight is 359 g/mol. The molecule has 6 nitrogen and oxygen atoms in total. The highest BCUT2D eigenvalue weighted by Gasteiger charge is 2.17. The van der Waals surface area contributed by atoms with E-state index in [0.29, 0.717) is 42.5 Å². The Morgan fingerprint density at radius 1 is 1.27 bits per heavy atom. The highest BCUT2D eigenvalue weighted by Crippen LogP contribution is 2.29. The molecule has 138 valence electrons. The second-order valence-corrected chi connectivity index (χ2v) is 5.90. The van der Waals surface area contributed by atoms with Crippen molar-refractivity contribution in [1.82, 2.24) is 10.6 Å². The molecule has 0 saturated carbocycles. The molecule has 2 aromatic rings. The summed E-state index contributed by atoms with van der Waals surface area (Å²) in [6.45, 7) is 1.12. The van der Waals surface area contributed by atoms with Gasteiger partial charge in [0, 0.05) is 31.3 Å². The number of aliphatic hydroxyl groups excluding tert-OH is 1. The maximum absolute atomic E-state index is 13.8. The molecule has 0 spiro atoms. The van der Waals surface area contributed by atoms with E-state index in [1.807, 2.05) is 30.3 Å². The van der Waals surface area contributed by atoms with Crippen molar-refractivity contribution in [2.75, 3.05) is 20.4 Å². The van der Waals surface area contributed by atoms with Crippen LogP contribution >= 0.6 is 0 Å². The molecule has 1 atom stereocenters. The maximum atomic E-state index is 13.8. The Kier molecular flexibility index (Phi) is 6.04. The van der Waals surface area contributed by atoms with E-state index < -0.39 is 6.10 Å². The molecule has 0 radical (unpaired) electrons. The molecule has 0 saturated heterocycles. The molecule has 0 amide bonds. The van der Waals surface area contributed by atoms with Crippen molar-refractivity contribution in [2.24, 2.45) is 4.99 Å². The average Bonchev–Trinajstić information content (AvgIpc) is 2.68. The van der Waals surface area contributed by atoms with Crippen molar-refractivity contribution >= 4 is 5.96 Å². The van der Waals surface area contributed by atoms with E-state index in [9.17, 15) is 9.50 Å². The topological polar surface area (TPSA) is 75.1 Å². The number of aliphatic imine (C=N–C) groups is 1. The molecule has 7 heteroatoms. The van der Waals surface area contributed by atoms with Gasteiger partial charge in [0.1, 0.15) is 11.6 Å². The number of halogens is 1. The Balaban J connectivity index is 1.59. The standard InChI is InChI=1S/C19H22FN3O3/c1-21-19(23-10-17(24)13-5-3-2-4-6-13)22-9-14-7-16(20)8-15-11-25-12-26-18(14)15/h2-8,17,24H,9-12H2,1H3,(H2,21,22,23). The van der Waals surface area contributed by atoms with Gasteiger partial charge in [-0.25, -0.2) is 4.39 Å². The number of ether oxygens (including phenoxy) is 2. The quantitative estimate of drug-likeness (QED) is 0.563. The second-order valence-electron chi connectivity index (χ2n) is 5.90. The Morgan fingerprint density at radius 3 is 2.85 bits per heavy atom. The van der Waals surface area contributed by atoms with Crippen LogP contribution in [0, 0.1) is 5.82 Å². The lowest BCUT2D eigenvalue weighted by atomic mass is 10.1. The van der Waals surface area contributed by atoms with Crippen LogP contribution in [0.5, 0.6) is 5.75 Å². The van der Waals surface area contributed by atoms with Gasteiger partial charge in [-0.3, -0.25) is 4.99 Å². The van der Waals surface area contributed by atoms with E-state index in [1.165, 1.54) is 12.1 Å². The Labute approximate surface area is 151 Å². The molecule has 0 fully saturated rings. The highest BCUT2D eigenvalue weighted by atomic mass is 19.1. The molecule has 2 aromatic carbocycles. The fraction of sp³-hybridized carbons (Fsp3) is 0.316. The van der Waals surface area contributed by atoms with Gasteiger partial charge in [0.05, 0.1) is 12.7 Å². The SMILES string of the molecule is CN=C(NCc1cc(F)cc2c1OCOC2)NCC(O)c1ccccc1. The predicted octanol–water partition coefficient (Wildman–Crippen LogP) is 2.09. The zero-order valence-corrected chi connectivity index (χ0v) is 14.5. The van der Waals surface area contributed by atoms with Gasteiger partial charge in [0.15, 0.2) is 12.8 Å². The third-order valence-corrected chi connectivity index (χ3v) is 4.07. The van der Waals surface area contributed by atoms with E-state index in [1.54, 1.807) is 7.05 Å². The molecule has 0 bridgehead atoms. The van der Waals surface area contributed by atoms with Gasteiger partial charge in [-0.2, -0.15) is 0 Å². The Hall–Kier alpha value is -2.64. The van der Waals surface area contributed by atoms with E-state index in [4.69, 9.17) is 9.47 Å². The molecule has 0 aliphatic carbocycles. The number of fused-ring (bicyclic) bond motifs is 1. The highest BCUT2D eigenvalue weighted by molar-refractivity contribution is 5.79. The van der Waals surface area contributed by atoms with Crippen LogP contribution in [-0.4, -0.2) is 31.5 Å². The first kappa shape index (κ1) is 18.2. The lowest BCUT2D eigenvalue weighted by Crippen LogP contribution is -2.39. The molecular formula is C19H22FN3O3. The van der Waals surface area contributed by atoms with E-state index >= 15 is 0 Å². The minimum atomic E-state index is -0.655. The molecule has 1 heterocycles. The summed E-state index contributed by atoms with van der Waals surface area (Å²) >= 11 is 0. The van der Waals surface area contributed by atoms with Gasteiger partial charge >= 0.3 is 0 Å². The predicted molar refractivity (Wildman–Crippen MR) is 96.3 cm³/mol. The number of benzene rings is 2. The summed E-state index contributed by atoms with van der Waals surface area (Å²) < 4.78 is 24.5. The zero-order valence-electron chi connectivity index (χ0n) is 14.5. The molecule has 3 N–H and O–H groups in total. The van der Waals surface area contributed by atoms with Crippen molar-refractivity contribution in [1.29, 1.82) is 0 Å². The first-order valence-corrected chi connectivity index (χ1v) is 8.36. The smallest absolute Gasteiger partial charge is 0.191 e. The summed E-state index contributed by atoms with van der Waals surface area (Å²) in [6, 6.07) is 12.2. The van der Waals surface area contributed by atoms with Crippen LogP contribution in [-0.2, 0) is 17.9 Å². The molecule has 26 heavy (non-hydrogen) atoms. The first-order valence-electron chi connectivity index (χ1n) is 8.36. The van der Waals surface area contributed by atoms with Gasteiger partial charge in [-0.05, 0) is 17.7 Å². The normalized spacial score (nSPS) is 15.0. The Bertz CT molecular complexity index is 768. The largest absolute Gasteiger partial charge is 0.467 e. The monoisotopic (exact) mass is 359 g/mol. The summed E-state index contributed by atoms with van der Waals surface area (Å²) in [5.74, 6) is 0.812. The van der Waals surface area contributed by atoms with Crippen LogP contribution in [0.1, 0.15) is 22.8 Å². The first-order chi connectivity index (χ1) is 12.7. The van der Waals surface area contributed by atoms with Crippen LogP contribution in [0.15, 0.2) is 47.5 Å². The minimum absolute atomic E-state index is 0.155. The molecule has 1 unspecified atom stereocenters. The number of nitrogens with zero attached hydrogens (tertiary/aromatic N) is 1. The third-order valence-electron chi connectivity index (χ3n) is 4.07. The molecule has 0 aromatic heterocycles. The molecule has 1 aliphatic heterocycles. The van der Waals surface area contributed by atoms with Crippen molar-refractivity contribution in [2.45, 2.75) is 19.3 Å².